The number of carboxylic acid groups (broad SMARTS) is 1. The molecular weight excluding hydrogens is 301 g/mol. The number of rotatable bonds is 5. The van der Waals surface area contributed by atoms with E-state index in [-0.39, 0.29) is 11.4 Å². The lowest BCUT2D eigenvalue weighted by Gasteiger charge is -2.17. The molecule has 0 aliphatic heterocycles. The van der Waals surface area contributed by atoms with E-state index in [0.29, 0.717) is 15.9 Å². The Bertz CT molecular complexity index is 757. The first-order valence-electron chi connectivity index (χ1n) is 6.33. The number of pyridine rings is 1. The normalized spacial score (nSPS) is 10.1. The van der Waals surface area contributed by atoms with Gasteiger partial charge in [-0.25, -0.2) is 9.37 Å². The van der Waals surface area contributed by atoms with Crippen molar-refractivity contribution in [2.45, 2.75) is 0 Å². The maximum atomic E-state index is 13.3. The molecule has 2 aromatic rings. The number of hydrogen-bond donors (Lipinski definition) is 1. The smallest absolute Gasteiger partial charge is 0.374 e. The summed E-state index contributed by atoms with van der Waals surface area (Å²) in [7, 11) is 10.5. The van der Waals surface area contributed by atoms with E-state index in [1.807, 2.05) is 0 Å². The standard InChI is InChI=1S/C14H9B2FN2O4/c15-19(7-12(20)21)14(22)13-11(23-16)5-9(6-18-13)8-2-1-3-10(17)4-8/h1-6H,7H2,(H,20,21). The molecular formula is C14H9B2FN2O4. The summed E-state index contributed by atoms with van der Waals surface area (Å²) in [5.41, 5.74) is 0.713. The maximum absolute atomic E-state index is 13.3. The summed E-state index contributed by atoms with van der Waals surface area (Å²) in [5.74, 6) is -2.71. The van der Waals surface area contributed by atoms with Crippen LogP contribution in [0.4, 0.5) is 4.39 Å². The lowest BCUT2D eigenvalue weighted by atomic mass is 10.1. The van der Waals surface area contributed by atoms with Crippen LogP contribution in [0.5, 0.6) is 5.75 Å². The monoisotopic (exact) mass is 310 g/mol. The lowest BCUT2D eigenvalue weighted by molar-refractivity contribution is -0.136. The lowest BCUT2D eigenvalue weighted by Crippen LogP contribution is -2.34. The molecule has 0 aliphatic carbocycles. The average Bonchev–Trinajstić information content (AvgIpc) is 2.53. The number of nitrogens with zero attached hydrogens (tertiary/aromatic N) is 2. The average molecular weight is 310 g/mol. The van der Waals surface area contributed by atoms with Crippen LogP contribution in [-0.4, -0.2) is 49.4 Å². The van der Waals surface area contributed by atoms with E-state index in [2.05, 4.69) is 9.64 Å². The third-order valence-corrected chi connectivity index (χ3v) is 2.91. The molecule has 0 aliphatic rings. The maximum Gasteiger partial charge on any atom is 0.374 e. The van der Waals surface area contributed by atoms with Crippen molar-refractivity contribution in [2.75, 3.05) is 6.54 Å². The van der Waals surface area contributed by atoms with E-state index < -0.39 is 24.2 Å². The Balaban J connectivity index is 2.37. The summed E-state index contributed by atoms with van der Waals surface area (Å²) in [6, 6.07) is 7.10. The molecule has 0 atom stereocenters. The van der Waals surface area contributed by atoms with E-state index >= 15 is 0 Å². The van der Waals surface area contributed by atoms with Gasteiger partial charge in [0.15, 0.2) is 5.69 Å². The molecule has 112 valence electrons. The summed E-state index contributed by atoms with van der Waals surface area (Å²) >= 11 is 0. The molecule has 2 rings (SSSR count). The number of carbonyl (C=O) groups is 2. The zero-order valence-corrected chi connectivity index (χ0v) is 11.8. The first-order valence-corrected chi connectivity index (χ1v) is 6.33. The van der Waals surface area contributed by atoms with E-state index in [0.717, 1.165) is 0 Å². The molecule has 0 fully saturated rings. The zero-order chi connectivity index (χ0) is 17.0. The van der Waals surface area contributed by atoms with Crippen molar-refractivity contribution < 1.29 is 23.7 Å². The Morgan fingerprint density at radius 2 is 2.04 bits per heavy atom. The van der Waals surface area contributed by atoms with Gasteiger partial charge in [-0.15, -0.1) is 0 Å². The predicted octanol–water partition coefficient (Wildman–Crippen LogP) is 0.960. The first kappa shape index (κ1) is 16.5. The molecule has 1 aromatic heterocycles. The number of aliphatic carboxylic acids is 1. The summed E-state index contributed by atoms with van der Waals surface area (Å²) < 4.78 is 17.9. The fraction of sp³-hybridized carbons (Fsp3) is 0.0714. The summed E-state index contributed by atoms with van der Waals surface area (Å²) in [6.45, 7) is -0.712. The quantitative estimate of drug-likeness (QED) is 0.832. The van der Waals surface area contributed by atoms with Crippen LogP contribution in [0.3, 0.4) is 0 Å². The fourth-order valence-corrected chi connectivity index (χ4v) is 1.87. The Kier molecular flexibility index (Phi) is 5.00. The Morgan fingerprint density at radius 1 is 1.30 bits per heavy atom. The van der Waals surface area contributed by atoms with Gasteiger partial charge in [0.05, 0.1) is 0 Å². The Labute approximate surface area is 133 Å². The summed E-state index contributed by atoms with van der Waals surface area (Å²) in [5, 5.41) is 8.64. The van der Waals surface area contributed by atoms with Crippen LogP contribution >= 0.6 is 0 Å². The second-order valence-corrected chi connectivity index (χ2v) is 4.53. The van der Waals surface area contributed by atoms with Crippen LogP contribution in [0.1, 0.15) is 10.5 Å². The van der Waals surface area contributed by atoms with E-state index in [9.17, 15) is 14.0 Å². The number of benzene rings is 1. The molecule has 0 saturated carbocycles. The second kappa shape index (κ2) is 6.95. The number of carbonyl (C=O) groups excluding carboxylic acids is 1. The highest BCUT2D eigenvalue weighted by Gasteiger charge is 2.20. The van der Waals surface area contributed by atoms with Crippen LogP contribution < -0.4 is 4.65 Å². The van der Waals surface area contributed by atoms with Gasteiger partial charge in [-0.2, -0.15) is 0 Å². The van der Waals surface area contributed by atoms with Crippen molar-refractivity contribution in [3.8, 4) is 16.9 Å². The van der Waals surface area contributed by atoms with E-state index in [1.54, 1.807) is 6.07 Å². The number of hydrogen-bond acceptors (Lipinski definition) is 4. The highest BCUT2D eigenvalue weighted by molar-refractivity contribution is 6.19. The van der Waals surface area contributed by atoms with Crippen molar-refractivity contribution in [3.63, 3.8) is 0 Å². The molecule has 1 heterocycles. The van der Waals surface area contributed by atoms with Gasteiger partial charge < -0.3 is 14.6 Å². The molecule has 0 bridgehead atoms. The topological polar surface area (TPSA) is 79.7 Å². The number of carboxylic acids is 1. The van der Waals surface area contributed by atoms with E-state index in [4.69, 9.17) is 21.1 Å². The molecule has 1 aromatic carbocycles. The number of amides is 1. The molecule has 23 heavy (non-hydrogen) atoms. The van der Waals surface area contributed by atoms with Gasteiger partial charge >= 0.3 is 14.0 Å². The third-order valence-electron chi connectivity index (χ3n) is 2.91. The van der Waals surface area contributed by atoms with Crippen LogP contribution in [0.15, 0.2) is 36.5 Å². The van der Waals surface area contributed by atoms with Crippen molar-refractivity contribution in [1.82, 2.24) is 9.79 Å². The Hall–Kier alpha value is -2.83. The highest BCUT2D eigenvalue weighted by Crippen LogP contribution is 2.26. The van der Waals surface area contributed by atoms with Crippen molar-refractivity contribution >= 4 is 27.9 Å². The first-order chi connectivity index (χ1) is 10.9. The van der Waals surface area contributed by atoms with Gasteiger partial charge in [0.1, 0.15) is 18.1 Å². The van der Waals surface area contributed by atoms with Gasteiger partial charge in [-0.05, 0) is 23.8 Å². The van der Waals surface area contributed by atoms with Gasteiger partial charge in [0, 0.05) is 11.8 Å². The summed E-state index contributed by atoms with van der Waals surface area (Å²) in [6.07, 6.45) is 1.30. The minimum atomic E-state index is -1.28. The minimum absolute atomic E-state index is 0.113. The molecule has 0 unspecified atom stereocenters. The van der Waals surface area contributed by atoms with Crippen molar-refractivity contribution in [2.24, 2.45) is 0 Å². The molecule has 9 heteroatoms. The molecule has 4 radical (unpaired) electrons. The van der Waals surface area contributed by atoms with Gasteiger partial charge in [0.25, 0.3) is 5.91 Å². The van der Waals surface area contributed by atoms with Crippen LogP contribution in [0.25, 0.3) is 11.1 Å². The predicted molar refractivity (Wildman–Crippen MR) is 80.4 cm³/mol. The van der Waals surface area contributed by atoms with Gasteiger partial charge in [-0.1, -0.05) is 12.1 Å². The minimum Gasteiger partial charge on any atom is -0.566 e. The Morgan fingerprint density at radius 3 is 2.65 bits per heavy atom. The van der Waals surface area contributed by atoms with Crippen LogP contribution in [0, 0.1) is 5.82 Å². The molecule has 0 spiro atoms. The molecule has 0 saturated heterocycles. The van der Waals surface area contributed by atoms with Crippen LogP contribution in [0.2, 0.25) is 0 Å². The van der Waals surface area contributed by atoms with E-state index in [1.165, 1.54) is 30.5 Å². The largest absolute Gasteiger partial charge is 0.566 e. The van der Waals surface area contributed by atoms with Gasteiger partial charge in [-0.3, -0.25) is 9.59 Å². The third kappa shape index (κ3) is 3.88. The molecule has 6 nitrogen and oxygen atoms in total. The van der Waals surface area contributed by atoms with Crippen molar-refractivity contribution in [3.05, 3.63) is 48.0 Å². The highest BCUT2D eigenvalue weighted by atomic mass is 19.1. The van der Waals surface area contributed by atoms with Crippen molar-refractivity contribution in [1.29, 1.82) is 0 Å². The number of aromatic nitrogens is 1. The van der Waals surface area contributed by atoms with Gasteiger partial charge in [0.2, 0.25) is 7.98 Å². The number of halogens is 1. The SMILES string of the molecule is [B]Oc1cc(-c2cccc(F)c2)cnc1C(=O)N([B])CC(=O)O. The molecule has 1 amide bonds. The van der Waals surface area contributed by atoms with Crippen LogP contribution in [-0.2, 0) is 4.79 Å². The molecule has 1 N–H and O–H groups in total. The fourth-order valence-electron chi connectivity index (χ4n) is 1.87. The summed E-state index contributed by atoms with van der Waals surface area (Å²) in [4.78, 5) is 27.0. The zero-order valence-electron chi connectivity index (χ0n) is 11.8. The second-order valence-electron chi connectivity index (χ2n) is 4.53.